The number of hydrogen-bond donors (Lipinski definition) is 2. The van der Waals surface area contributed by atoms with Crippen molar-refractivity contribution in [2.45, 2.75) is 141 Å². The normalized spacial score (nSPS) is 17.8. The molecule has 13 rings (SSSR count). The zero-order valence-corrected chi connectivity index (χ0v) is 65.2. The van der Waals surface area contributed by atoms with Gasteiger partial charge in [-0.25, -0.2) is 0 Å². The lowest BCUT2D eigenvalue weighted by molar-refractivity contribution is -0.385. The highest BCUT2D eigenvalue weighted by Crippen LogP contribution is 2.30. The second kappa shape index (κ2) is 47.9. The van der Waals surface area contributed by atoms with E-state index in [4.69, 9.17) is 30.0 Å². The third kappa shape index (κ3) is 30.0. The van der Waals surface area contributed by atoms with Crippen molar-refractivity contribution in [3.63, 3.8) is 0 Å². The molecule has 3 aliphatic carbocycles. The number of aromatic nitrogens is 4. The summed E-state index contributed by atoms with van der Waals surface area (Å²) in [6.45, 7) is 9.81. The molecular formula is C92H100N16O6. The standard InChI is InChI=1S/C24H30N2O2.C20H22N2.C18H20N4.C16H14N4O4.C14H14N4/c1-15-9-17(3)23(27)19(11-15)13-25-21-7-5-6-8-22(21)26-14-20-12-16(2)10-18(4)24(20)28;1-3-9-17(10-4-1)15-21-19-13-7-8-14-20(19)22-16-18-11-5-2-6-12-18;1-2-10-18(22-14-16-8-4-6-12-20-16)17(9-1)21-13-15-7-3-5-11-19-15;21-19(22)15-7-3-1-5-13(15)11-17-9-10-18-12-14-6-2-4-8-16(14)20(23)24;1-3-7-17-13(5-1)11-15-9-10-16-12-14-6-2-4-8-18-14/h9-14,21-22,27-28H,5-8H2,1-4H3;1-6,9-12,15-16,19-20H,7-8,13-14H2;3-8,11-14,17-18H,1-2,9-10H2;1-8,11-12H,9-10H2;1-8,11-12H,9-10H2/t21-,22?;;;;/m1..../s1. The summed E-state index contributed by atoms with van der Waals surface area (Å²) >= 11 is 0. The average molecular weight is 1530 g/mol. The number of aromatic hydroxyl groups is 2. The summed E-state index contributed by atoms with van der Waals surface area (Å²) in [5, 5.41) is 42.3. The van der Waals surface area contributed by atoms with Crippen molar-refractivity contribution in [2.24, 2.45) is 49.9 Å². The zero-order valence-electron chi connectivity index (χ0n) is 65.2. The Morgan fingerprint density at radius 1 is 0.325 bits per heavy atom. The van der Waals surface area contributed by atoms with Crippen molar-refractivity contribution in [3.8, 4) is 11.5 Å². The molecule has 584 valence electrons. The summed E-state index contributed by atoms with van der Waals surface area (Å²) in [6.07, 6.45) is 38.5. The molecule has 0 aliphatic heterocycles. The van der Waals surface area contributed by atoms with Crippen LogP contribution in [0.3, 0.4) is 0 Å². The predicted molar refractivity (Wildman–Crippen MR) is 465 cm³/mol. The van der Waals surface area contributed by atoms with Gasteiger partial charge in [0.15, 0.2) is 0 Å². The van der Waals surface area contributed by atoms with Gasteiger partial charge in [-0.05, 0) is 172 Å². The molecule has 6 aromatic carbocycles. The molecule has 3 saturated carbocycles. The largest absolute Gasteiger partial charge is 0.507 e. The van der Waals surface area contributed by atoms with Crippen LogP contribution in [0.2, 0.25) is 0 Å². The molecule has 4 aromatic heterocycles. The fourth-order valence-corrected chi connectivity index (χ4v) is 12.8. The highest BCUT2D eigenvalue weighted by molar-refractivity contribution is 5.88. The Balaban J connectivity index is 0.000000164. The smallest absolute Gasteiger partial charge is 0.278 e. The zero-order chi connectivity index (χ0) is 80.2. The number of aliphatic imine (C=N–C) groups is 10. The minimum absolute atomic E-state index is 0.00957. The first kappa shape index (κ1) is 85.0. The number of phenols is 2. The molecule has 0 amide bonds. The van der Waals surface area contributed by atoms with Crippen LogP contribution in [0, 0.1) is 47.9 Å². The van der Waals surface area contributed by atoms with Gasteiger partial charge in [-0.2, -0.15) is 0 Å². The van der Waals surface area contributed by atoms with Crippen molar-refractivity contribution in [3.05, 3.63) is 330 Å². The van der Waals surface area contributed by atoms with E-state index in [1.165, 1.54) is 61.4 Å². The third-order valence-corrected chi connectivity index (χ3v) is 18.7. The molecule has 0 bridgehead atoms. The van der Waals surface area contributed by atoms with Gasteiger partial charge in [0.25, 0.3) is 11.4 Å². The minimum atomic E-state index is -0.464. The van der Waals surface area contributed by atoms with Gasteiger partial charge in [0, 0.05) is 110 Å². The van der Waals surface area contributed by atoms with Crippen molar-refractivity contribution in [2.75, 3.05) is 26.2 Å². The van der Waals surface area contributed by atoms with Crippen LogP contribution < -0.4 is 0 Å². The second-order valence-corrected chi connectivity index (χ2v) is 27.6. The lowest BCUT2D eigenvalue weighted by Crippen LogP contribution is -2.27. The summed E-state index contributed by atoms with van der Waals surface area (Å²) in [5.41, 5.74) is 12.2. The molecular weight excluding hydrogens is 1430 g/mol. The Kier molecular flexibility index (Phi) is 35.8. The van der Waals surface area contributed by atoms with E-state index in [1.807, 2.05) is 186 Å². The number of phenolic OH excluding ortho intramolecular Hbond substituents is 2. The van der Waals surface area contributed by atoms with Gasteiger partial charge in [0.2, 0.25) is 0 Å². The van der Waals surface area contributed by atoms with E-state index in [0.29, 0.717) is 60.9 Å². The van der Waals surface area contributed by atoms with Gasteiger partial charge in [0.05, 0.1) is 106 Å². The second-order valence-electron chi connectivity index (χ2n) is 27.6. The van der Waals surface area contributed by atoms with Crippen molar-refractivity contribution in [1.82, 2.24) is 19.9 Å². The topological polar surface area (TPSA) is 302 Å². The van der Waals surface area contributed by atoms with Crippen LogP contribution in [0.1, 0.15) is 155 Å². The van der Waals surface area contributed by atoms with E-state index in [2.05, 4.69) is 64.2 Å². The van der Waals surface area contributed by atoms with Crippen LogP contribution in [-0.2, 0) is 0 Å². The van der Waals surface area contributed by atoms with Crippen LogP contribution in [0.15, 0.2) is 281 Å². The summed E-state index contributed by atoms with van der Waals surface area (Å²) < 4.78 is 0. The predicted octanol–water partition coefficient (Wildman–Crippen LogP) is 18.1. The number of pyridine rings is 4. The molecule has 3 aliphatic rings. The number of nitro benzene ring substituents is 2. The molecule has 2 N–H and O–H groups in total. The maximum Gasteiger partial charge on any atom is 0.278 e. The van der Waals surface area contributed by atoms with Gasteiger partial charge < -0.3 is 10.2 Å². The molecule has 4 heterocycles. The summed E-state index contributed by atoms with van der Waals surface area (Å²) in [6, 6.07) is 65.6. The molecule has 3 fully saturated rings. The van der Waals surface area contributed by atoms with Crippen LogP contribution in [0.25, 0.3) is 0 Å². The lowest BCUT2D eigenvalue weighted by atomic mass is 9.91. The first-order valence-corrected chi connectivity index (χ1v) is 38.7. The molecule has 6 atom stereocenters. The Morgan fingerprint density at radius 2 is 0.596 bits per heavy atom. The van der Waals surface area contributed by atoms with E-state index in [-0.39, 0.29) is 35.5 Å². The van der Waals surface area contributed by atoms with E-state index in [1.54, 1.807) is 86.0 Å². The van der Waals surface area contributed by atoms with Crippen LogP contribution >= 0.6 is 0 Å². The number of hydrogen-bond acceptors (Lipinski definition) is 20. The Labute approximate surface area is 668 Å². The highest BCUT2D eigenvalue weighted by Gasteiger charge is 2.26. The maximum absolute atomic E-state index is 10.9. The van der Waals surface area contributed by atoms with Crippen molar-refractivity contribution in [1.29, 1.82) is 0 Å². The Morgan fingerprint density at radius 3 is 0.904 bits per heavy atom. The molecule has 22 nitrogen and oxygen atoms in total. The number of nitrogens with zero attached hydrogens (tertiary/aromatic N) is 16. The molecule has 114 heavy (non-hydrogen) atoms. The molecule has 0 radical (unpaired) electrons. The molecule has 22 heteroatoms. The van der Waals surface area contributed by atoms with E-state index >= 15 is 0 Å². The monoisotopic (exact) mass is 1520 g/mol. The summed E-state index contributed by atoms with van der Waals surface area (Å²) in [4.78, 5) is 83.0. The highest BCUT2D eigenvalue weighted by atomic mass is 16.6. The fraction of sp³-hybridized carbons (Fsp3) is 0.283. The van der Waals surface area contributed by atoms with Crippen LogP contribution in [-0.4, -0.2) is 165 Å². The quantitative estimate of drug-likeness (QED) is 0.0249. The minimum Gasteiger partial charge on any atom is -0.507 e. The van der Waals surface area contributed by atoms with Gasteiger partial charge in [-0.15, -0.1) is 0 Å². The summed E-state index contributed by atoms with van der Waals surface area (Å²) in [7, 11) is 0. The maximum atomic E-state index is 10.9. The number of rotatable bonds is 24. The van der Waals surface area contributed by atoms with E-state index < -0.39 is 9.85 Å². The number of nitro groups is 2. The first-order valence-electron chi connectivity index (χ1n) is 38.7. The summed E-state index contributed by atoms with van der Waals surface area (Å²) in [5.74, 6) is 0.593. The Hall–Kier alpha value is -13.0. The van der Waals surface area contributed by atoms with Crippen molar-refractivity contribution >= 4 is 73.5 Å². The van der Waals surface area contributed by atoms with Gasteiger partial charge in [0.1, 0.15) is 11.5 Å². The Bertz CT molecular complexity index is 4470. The number of aryl methyl sites for hydroxylation is 4. The number of benzene rings is 6. The van der Waals surface area contributed by atoms with Crippen LogP contribution in [0.4, 0.5) is 11.4 Å². The molecule has 0 spiro atoms. The van der Waals surface area contributed by atoms with Gasteiger partial charge in [-0.3, -0.25) is 90.1 Å². The lowest BCUT2D eigenvalue weighted by Gasteiger charge is -2.25. The van der Waals surface area contributed by atoms with Gasteiger partial charge >= 0.3 is 0 Å². The van der Waals surface area contributed by atoms with Gasteiger partial charge in [-0.1, -0.05) is 160 Å². The fourth-order valence-electron chi connectivity index (χ4n) is 12.8. The molecule has 0 saturated heterocycles. The van der Waals surface area contributed by atoms with E-state index in [9.17, 15) is 30.4 Å². The van der Waals surface area contributed by atoms with Crippen molar-refractivity contribution < 1.29 is 20.1 Å². The molecule has 10 aromatic rings. The first-order chi connectivity index (χ1) is 55.7. The number of para-hydroxylation sites is 2. The average Bonchev–Trinajstić information content (AvgIpc) is 0.855. The van der Waals surface area contributed by atoms with Crippen LogP contribution in [0.5, 0.6) is 11.5 Å². The third-order valence-electron chi connectivity index (χ3n) is 18.7. The SMILES string of the molecule is C(=NC1CCCCC1N=Cc1ccccc1)c1ccccc1.C(=NC1CCCCC1N=Cc1ccccn1)c1ccccn1.C(=NCCN=Cc1ccccn1)c1ccccn1.Cc1cc(C)c(O)c(C=NC2CCCC[C@H]2N=Cc2cc(C)cc(C)c2O)c1.O=[N+]([O-])c1ccccc1C=NCCN=Cc1ccccc1[N+](=O)[O-]. The molecule has 5 unspecified atom stereocenters. The van der Waals surface area contributed by atoms with E-state index in [0.717, 1.165) is 108 Å².